The highest BCUT2D eigenvalue weighted by atomic mass is 16.3. The van der Waals surface area contributed by atoms with E-state index in [9.17, 15) is 29.7 Å². The van der Waals surface area contributed by atoms with Gasteiger partial charge in [-0.25, -0.2) is 0 Å². The summed E-state index contributed by atoms with van der Waals surface area (Å²) in [5, 5.41) is 30.0. The Hall–Kier alpha value is -4.19. The Morgan fingerprint density at radius 1 is 0.594 bits per heavy atom. The highest BCUT2D eigenvalue weighted by Crippen LogP contribution is 2.33. The number of phenols is 3. The highest BCUT2D eigenvalue weighted by Gasteiger charge is 2.15. The zero-order valence-electron chi connectivity index (χ0n) is 17.8. The second kappa shape index (κ2) is 8.89. The lowest BCUT2D eigenvalue weighted by Gasteiger charge is -2.13. The standard InChI is InChI=1S/C26H22O6/c1-14(27)20-10-17(4-7-24(20)30)11-23(18-5-8-25(31)21(12-18)15(2)28)19-6-9-26(32)22(13-19)16(3)29/h4-13,30-32H,1-3H3. The van der Waals surface area contributed by atoms with Crippen molar-refractivity contribution in [1.29, 1.82) is 0 Å². The Morgan fingerprint density at radius 3 is 1.38 bits per heavy atom. The fourth-order valence-corrected chi connectivity index (χ4v) is 3.40. The van der Waals surface area contributed by atoms with Gasteiger partial charge in [0.2, 0.25) is 0 Å². The average Bonchev–Trinajstić information content (AvgIpc) is 2.73. The Balaban J connectivity index is 2.29. The zero-order chi connectivity index (χ0) is 23.6. The molecule has 0 atom stereocenters. The molecule has 0 spiro atoms. The molecule has 0 aliphatic heterocycles. The first-order valence-corrected chi connectivity index (χ1v) is 9.82. The molecule has 0 amide bonds. The van der Waals surface area contributed by atoms with Crippen molar-refractivity contribution in [2.45, 2.75) is 20.8 Å². The molecule has 0 saturated heterocycles. The van der Waals surface area contributed by atoms with Gasteiger partial charge in [-0.3, -0.25) is 14.4 Å². The fraction of sp³-hybridized carbons (Fsp3) is 0.115. The number of benzene rings is 3. The summed E-state index contributed by atoms with van der Waals surface area (Å²) >= 11 is 0. The van der Waals surface area contributed by atoms with Crippen LogP contribution in [0.5, 0.6) is 17.2 Å². The maximum atomic E-state index is 12.0. The van der Waals surface area contributed by atoms with Crippen molar-refractivity contribution >= 4 is 29.0 Å². The number of carbonyl (C=O) groups is 3. The summed E-state index contributed by atoms with van der Waals surface area (Å²) in [4.78, 5) is 35.8. The molecule has 3 N–H and O–H groups in total. The van der Waals surface area contributed by atoms with E-state index in [0.717, 1.165) is 0 Å². The second-order valence-electron chi connectivity index (χ2n) is 7.47. The van der Waals surface area contributed by atoms with Gasteiger partial charge in [0.1, 0.15) is 17.2 Å². The maximum absolute atomic E-state index is 12.0. The van der Waals surface area contributed by atoms with E-state index in [-0.39, 0.29) is 51.3 Å². The van der Waals surface area contributed by atoms with Gasteiger partial charge in [-0.15, -0.1) is 0 Å². The zero-order valence-corrected chi connectivity index (χ0v) is 17.8. The van der Waals surface area contributed by atoms with Crippen molar-refractivity contribution in [3.63, 3.8) is 0 Å². The Bertz CT molecular complexity index is 1220. The third-order valence-electron chi connectivity index (χ3n) is 5.08. The summed E-state index contributed by atoms with van der Waals surface area (Å²) in [5.41, 5.74) is 2.75. The summed E-state index contributed by atoms with van der Waals surface area (Å²) < 4.78 is 0. The molecule has 0 saturated carbocycles. The van der Waals surface area contributed by atoms with E-state index in [1.807, 2.05) is 0 Å². The van der Waals surface area contributed by atoms with Gasteiger partial charge in [-0.2, -0.15) is 0 Å². The SMILES string of the molecule is CC(=O)c1cc(C=C(c2ccc(O)c(C(C)=O)c2)c2ccc(O)c(C(C)=O)c2)ccc1O. The first-order chi connectivity index (χ1) is 15.1. The number of ketones is 3. The van der Waals surface area contributed by atoms with Gasteiger partial charge < -0.3 is 15.3 Å². The summed E-state index contributed by atoms with van der Waals surface area (Å²) in [5.74, 6) is -1.38. The number of phenolic OH excluding ortho intramolecular Hbond substituents is 3. The van der Waals surface area contributed by atoms with Gasteiger partial charge in [0.15, 0.2) is 17.3 Å². The van der Waals surface area contributed by atoms with Gasteiger partial charge in [0.25, 0.3) is 0 Å². The molecule has 0 bridgehead atoms. The molecular formula is C26H22O6. The minimum absolute atomic E-state index is 0.133. The molecule has 0 aliphatic carbocycles. The number of hydrogen-bond donors (Lipinski definition) is 3. The third-order valence-corrected chi connectivity index (χ3v) is 5.08. The van der Waals surface area contributed by atoms with Gasteiger partial charge in [0.05, 0.1) is 16.7 Å². The van der Waals surface area contributed by atoms with E-state index in [4.69, 9.17) is 0 Å². The number of aromatic hydroxyl groups is 3. The summed E-state index contributed by atoms with van der Waals surface area (Å²) in [6, 6.07) is 13.7. The number of hydrogen-bond acceptors (Lipinski definition) is 6. The minimum atomic E-state index is -0.317. The smallest absolute Gasteiger partial charge is 0.163 e. The van der Waals surface area contributed by atoms with Crippen molar-refractivity contribution in [2.24, 2.45) is 0 Å². The van der Waals surface area contributed by atoms with E-state index in [2.05, 4.69) is 0 Å². The van der Waals surface area contributed by atoms with Crippen LogP contribution >= 0.6 is 0 Å². The Labute approximate surface area is 185 Å². The maximum Gasteiger partial charge on any atom is 0.163 e. The summed E-state index contributed by atoms with van der Waals surface area (Å²) in [7, 11) is 0. The molecule has 0 aromatic heterocycles. The molecular weight excluding hydrogens is 408 g/mol. The van der Waals surface area contributed by atoms with Crippen LogP contribution in [0.15, 0.2) is 54.6 Å². The van der Waals surface area contributed by atoms with Crippen LogP contribution in [-0.2, 0) is 0 Å². The lowest BCUT2D eigenvalue weighted by Crippen LogP contribution is -1.99. The molecule has 162 valence electrons. The van der Waals surface area contributed by atoms with Crippen LogP contribution in [0.2, 0.25) is 0 Å². The average molecular weight is 430 g/mol. The van der Waals surface area contributed by atoms with E-state index in [1.165, 1.54) is 57.2 Å². The topological polar surface area (TPSA) is 112 Å². The predicted molar refractivity (Wildman–Crippen MR) is 121 cm³/mol. The number of rotatable bonds is 6. The van der Waals surface area contributed by atoms with E-state index < -0.39 is 0 Å². The second-order valence-corrected chi connectivity index (χ2v) is 7.47. The van der Waals surface area contributed by atoms with Crippen LogP contribution in [0, 0.1) is 0 Å². The predicted octanol–water partition coefficient (Wildman–Crippen LogP) is 5.00. The molecule has 0 aliphatic rings. The van der Waals surface area contributed by atoms with Crippen LogP contribution in [0.3, 0.4) is 0 Å². The van der Waals surface area contributed by atoms with Gasteiger partial charge in [-0.05, 0) is 85.5 Å². The molecule has 0 fully saturated rings. The molecule has 6 heteroatoms. The minimum Gasteiger partial charge on any atom is -0.507 e. The van der Waals surface area contributed by atoms with Crippen LogP contribution in [-0.4, -0.2) is 32.7 Å². The summed E-state index contributed by atoms with van der Waals surface area (Å²) in [6.07, 6.45) is 1.73. The van der Waals surface area contributed by atoms with E-state index in [0.29, 0.717) is 22.3 Å². The van der Waals surface area contributed by atoms with Crippen molar-refractivity contribution < 1.29 is 29.7 Å². The van der Waals surface area contributed by atoms with Gasteiger partial charge >= 0.3 is 0 Å². The molecule has 3 aromatic carbocycles. The Kier molecular flexibility index (Phi) is 6.25. The lowest BCUT2D eigenvalue weighted by atomic mass is 9.91. The number of Topliss-reactive ketones (excluding diaryl/α,β-unsaturated/α-hetero) is 3. The largest absolute Gasteiger partial charge is 0.507 e. The van der Waals surface area contributed by atoms with E-state index >= 15 is 0 Å². The van der Waals surface area contributed by atoms with E-state index in [1.54, 1.807) is 24.3 Å². The molecule has 0 heterocycles. The Morgan fingerprint density at radius 2 is 0.969 bits per heavy atom. The normalized spacial score (nSPS) is 10.5. The molecule has 0 unspecified atom stereocenters. The van der Waals surface area contributed by atoms with Crippen molar-refractivity contribution in [2.75, 3.05) is 0 Å². The van der Waals surface area contributed by atoms with Crippen molar-refractivity contribution in [3.05, 3.63) is 88.0 Å². The van der Waals surface area contributed by atoms with Crippen LogP contribution in [0.4, 0.5) is 0 Å². The molecule has 0 radical (unpaired) electrons. The first-order valence-electron chi connectivity index (χ1n) is 9.82. The van der Waals surface area contributed by atoms with Crippen LogP contribution < -0.4 is 0 Å². The van der Waals surface area contributed by atoms with Crippen LogP contribution in [0.1, 0.15) is 68.5 Å². The van der Waals surface area contributed by atoms with Crippen molar-refractivity contribution in [1.82, 2.24) is 0 Å². The molecule has 6 nitrogen and oxygen atoms in total. The van der Waals surface area contributed by atoms with Crippen LogP contribution in [0.25, 0.3) is 11.6 Å². The quantitative estimate of drug-likeness (QED) is 0.375. The van der Waals surface area contributed by atoms with Gasteiger partial charge in [0, 0.05) is 0 Å². The van der Waals surface area contributed by atoms with Gasteiger partial charge in [-0.1, -0.05) is 18.2 Å². The van der Waals surface area contributed by atoms with Crippen molar-refractivity contribution in [3.8, 4) is 17.2 Å². The summed E-state index contributed by atoms with van der Waals surface area (Å²) in [6.45, 7) is 4.03. The number of carbonyl (C=O) groups excluding carboxylic acids is 3. The fourth-order valence-electron chi connectivity index (χ4n) is 3.40. The molecule has 3 rings (SSSR count). The molecule has 32 heavy (non-hydrogen) atoms. The third kappa shape index (κ3) is 4.59. The lowest BCUT2D eigenvalue weighted by molar-refractivity contribution is 0.100. The first kappa shape index (κ1) is 22.5. The molecule has 3 aromatic rings. The monoisotopic (exact) mass is 430 g/mol. The highest BCUT2D eigenvalue weighted by molar-refractivity contribution is 6.02.